The first kappa shape index (κ1) is 30.6. The largest absolute Gasteiger partial charge is 0.461 e. The molecule has 0 amide bonds. The highest BCUT2D eigenvalue weighted by molar-refractivity contribution is 5.91. The van der Waals surface area contributed by atoms with Crippen molar-refractivity contribution in [2.24, 2.45) is 34.5 Å². The van der Waals surface area contributed by atoms with Gasteiger partial charge in [-0.3, -0.25) is 9.59 Å². The number of allylic oxidation sites excluding steroid dienone is 4. The predicted octanol–water partition coefficient (Wildman–Crippen LogP) is 7.94. The van der Waals surface area contributed by atoms with E-state index in [-0.39, 0.29) is 35.9 Å². The van der Waals surface area contributed by atoms with Crippen LogP contribution in [-0.4, -0.2) is 25.2 Å². The Morgan fingerprint density at radius 1 is 0.757 bits per heavy atom. The normalized spacial score (nSPS) is 31.5. The van der Waals surface area contributed by atoms with Gasteiger partial charge in [0, 0.05) is 0 Å². The lowest BCUT2D eigenvalue weighted by atomic mass is 9.61. The fourth-order valence-electron chi connectivity index (χ4n) is 6.22. The summed E-state index contributed by atoms with van der Waals surface area (Å²) in [4.78, 5) is 24.6. The number of hydrogen-bond donors (Lipinski definition) is 0. The maximum absolute atomic E-state index is 12.3. The molecule has 2 saturated carbocycles. The van der Waals surface area contributed by atoms with Crippen molar-refractivity contribution in [2.75, 3.05) is 13.2 Å². The summed E-state index contributed by atoms with van der Waals surface area (Å²) in [5, 5.41) is 0. The molecule has 2 rings (SSSR count). The van der Waals surface area contributed by atoms with Gasteiger partial charge in [0.05, 0.1) is 0 Å². The van der Waals surface area contributed by atoms with Crippen LogP contribution in [0.5, 0.6) is 0 Å². The summed E-state index contributed by atoms with van der Waals surface area (Å²) >= 11 is 0. The molecule has 0 spiro atoms. The topological polar surface area (TPSA) is 52.6 Å². The molecule has 0 heterocycles. The summed E-state index contributed by atoms with van der Waals surface area (Å²) in [5.74, 6) is -0.0544. The zero-order chi connectivity index (χ0) is 28.0. The number of ether oxygens (including phenoxy) is 2. The van der Waals surface area contributed by atoms with E-state index in [0.29, 0.717) is 11.8 Å². The number of esters is 2. The summed E-state index contributed by atoms with van der Waals surface area (Å²) in [6, 6.07) is 0. The summed E-state index contributed by atoms with van der Waals surface area (Å²) in [6.07, 6.45) is 9.40. The van der Waals surface area contributed by atoms with Crippen LogP contribution in [-0.2, 0) is 19.1 Å². The van der Waals surface area contributed by atoms with Gasteiger partial charge in [0.15, 0.2) is 0 Å². The molecule has 6 atom stereocenters. The molecular weight excluding hydrogens is 460 g/mol. The van der Waals surface area contributed by atoms with E-state index < -0.39 is 18.4 Å². The SMILES string of the molecule is C=C[C@]1(C)CC[C@@H](C(=C)COC(=O)CC(=O)OCC(=C)[C@@H]2CC[C@@](C)(C=C)[C@H](C(=C)C)C2)C[C@H]1C(=C)C. The molecule has 2 aliphatic rings. The highest BCUT2D eigenvalue weighted by Gasteiger charge is 2.40. The summed E-state index contributed by atoms with van der Waals surface area (Å²) in [7, 11) is 0. The van der Waals surface area contributed by atoms with Crippen molar-refractivity contribution in [3.05, 3.63) is 73.9 Å². The first-order chi connectivity index (χ1) is 17.3. The van der Waals surface area contributed by atoms with Crippen LogP contribution in [0.2, 0.25) is 0 Å². The van der Waals surface area contributed by atoms with E-state index in [1.165, 1.54) is 0 Å². The molecule has 4 nitrogen and oxygen atoms in total. The van der Waals surface area contributed by atoms with Crippen molar-refractivity contribution in [2.45, 2.75) is 72.6 Å². The lowest BCUT2D eigenvalue weighted by Gasteiger charge is -2.43. The van der Waals surface area contributed by atoms with Gasteiger partial charge in [0.2, 0.25) is 0 Å². The summed E-state index contributed by atoms with van der Waals surface area (Å²) < 4.78 is 10.8. The Kier molecular flexibility index (Phi) is 10.6. The van der Waals surface area contributed by atoms with Gasteiger partial charge >= 0.3 is 11.9 Å². The van der Waals surface area contributed by atoms with Crippen LogP contribution in [0.4, 0.5) is 0 Å². The second-order valence-electron chi connectivity index (χ2n) is 12.0. The van der Waals surface area contributed by atoms with Crippen molar-refractivity contribution in [3.8, 4) is 0 Å². The predicted molar refractivity (Wildman–Crippen MR) is 153 cm³/mol. The molecule has 0 unspecified atom stereocenters. The third kappa shape index (κ3) is 7.69. The van der Waals surface area contributed by atoms with E-state index in [4.69, 9.17) is 9.47 Å². The number of carbonyl (C=O) groups excluding carboxylic acids is 2. The van der Waals surface area contributed by atoms with Gasteiger partial charge in [-0.2, -0.15) is 0 Å². The fraction of sp³-hybridized carbons (Fsp3) is 0.576. The molecule has 0 radical (unpaired) electrons. The van der Waals surface area contributed by atoms with E-state index in [1.807, 2.05) is 12.2 Å². The molecule has 2 fully saturated rings. The quantitative estimate of drug-likeness (QED) is 0.152. The van der Waals surface area contributed by atoms with Crippen LogP contribution in [0, 0.1) is 34.5 Å². The molecule has 0 N–H and O–H groups in total. The van der Waals surface area contributed by atoms with Gasteiger partial charge in [0.25, 0.3) is 0 Å². The highest BCUT2D eigenvalue weighted by Crippen LogP contribution is 2.49. The van der Waals surface area contributed by atoms with Crippen molar-refractivity contribution >= 4 is 11.9 Å². The van der Waals surface area contributed by atoms with Gasteiger partial charge in [0.1, 0.15) is 19.6 Å². The van der Waals surface area contributed by atoms with Crippen molar-refractivity contribution in [1.82, 2.24) is 0 Å². The average molecular weight is 509 g/mol. The van der Waals surface area contributed by atoms with Crippen LogP contribution in [0.3, 0.4) is 0 Å². The van der Waals surface area contributed by atoms with Crippen LogP contribution in [0.1, 0.15) is 72.6 Å². The Labute approximate surface area is 225 Å². The molecular formula is C33H48O4. The minimum Gasteiger partial charge on any atom is -0.461 e. The zero-order valence-electron chi connectivity index (χ0n) is 23.7. The third-order valence-electron chi connectivity index (χ3n) is 9.10. The van der Waals surface area contributed by atoms with Gasteiger partial charge < -0.3 is 9.47 Å². The lowest BCUT2D eigenvalue weighted by molar-refractivity contribution is -0.153. The molecule has 0 aromatic rings. The van der Waals surface area contributed by atoms with Gasteiger partial charge in [-0.25, -0.2) is 0 Å². The number of rotatable bonds is 12. The second-order valence-corrected chi connectivity index (χ2v) is 12.0. The zero-order valence-corrected chi connectivity index (χ0v) is 23.7. The first-order valence-corrected chi connectivity index (χ1v) is 13.5. The Bertz CT molecular complexity index is 879. The molecule has 2 aliphatic carbocycles. The summed E-state index contributed by atoms with van der Waals surface area (Å²) in [5.41, 5.74) is 4.09. The van der Waals surface area contributed by atoms with Crippen LogP contribution < -0.4 is 0 Å². The van der Waals surface area contributed by atoms with Crippen molar-refractivity contribution in [1.29, 1.82) is 0 Å². The second kappa shape index (κ2) is 12.8. The van der Waals surface area contributed by atoms with E-state index >= 15 is 0 Å². The maximum Gasteiger partial charge on any atom is 0.317 e. The lowest BCUT2D eigenvalue weighted by Crippen LogP contribution is -2.34. The van der Waals surface area contributed by atoms with Crippen molar-refractivity contribution < 1.29 is 19.1 Å². The molecule has 0 aliphatic heterocycles. The van der Waals surface area contributed by atoms with E-state index in [1.54, 1.807) is 0 Å². The van der Waals surface area contributed by atoms with Gasteiger partial charge in [-0.1, -0.05) is 63.5 Å². The van der Waals surface area contributed by atoms with E-state index in [2.05, 4.69) is 67.2 Å². The standard InChI is InChI=1S/C33H48O4/c1-11-32(9)15-13-26(17-28(32)22(3)4)24(7)20-36-30(34)19-31(35)37-21-25(8)27-14-16-33(10,12-2)29(18-27)23(5)6/h11-12,26-29H,1-3,5,7-8,13-21H2,4,6,9-10H3/t26-,27-,28+,29+,32-,33-/m1/s1. The van der Waals surface area contributed by atoms with E-state index in [0.717, 1.165) is 60.8 Å². The van der Waals surface area contributed by atoms with Gasteiger partial charge in [-0.15, -0.1) is 13.2 Å². The van der Waals surface area contributed by atoms with Crippen molar-refractivity contribution in [3.63, 3.8) is 0 Å². The third-order valence-corrected chi connectivity index (χ3v) is 9.10. The average Bonchev–Trinajstić information content (AvgIpc) is 2.85. The highest BCUT2D eigenvalue weighted by atomic mass is 16.6. The van der Waals surface area contributed by atoms with Crippen LogP contribution in [0.15, 0.2) is 73.9 Å². The Hall–Kier alpha value is -2.62. The van der Waals surface area contributed by atoms with Crippen LogP contribution in [0.25, 0.3) is 0 Å². The molecule has 4 heteroatoms. The number of hydrogen-bond acceptors (Lipinski definition) is 4. The molecule has 0 aromatic heterocycles. The summed E-state index contributed by atoms with van der Waals surface area (Å²) in [6.45, 7) is 33.5. The molecule has 204 valence electrons. The smallest absolute Gasteiger partial charge is 0.317 e. The minimum absolute atomic E-state index is 0.0292. The molecule has 0 saturated heterocycles. The first-order valence-electron chi connectivity index (χ1n) is 13.5. The monoisotopic (exact) mass is 508 g/mol. The maximum atomic E-state index is 12.3. The minimum atomic E-state index is -0.596. The number of carbonyl (C=O) groups is 2. The fourth-order valence-corrected chi connectivity index (χ4v) is 6.22. The van der Waals surface area contributed by atoms with E-state index in [9.17, 15) is 9.59 Å². The Balaban J connectivity index is 1.77. The Morgan fingerprint density at radius 3 is 1.41 bits per heavy atom. The molecule has 0 aromatic carbocycles. The van der Waals surface area contributed by atoms with Crippen LogP contribution >= 0.6 is 0 Å². The van der Waals surface area contributed by atoms with Gasteiger partial charge in [-0.05, 0) is 98.0 Å². The Morgan fingerprint density at radius 2 is 1.11 bits per heavy atom. The molecule has 37 heavy (non-hydrogen) atoms. The molecule has 0 bridgehead atoms.